The molecule has 3 aliphatic rings. The van der Waals surface area contributed by atoms with Crippen LogP contribution in [0.3, 0.4) is 0 Å². The zero-order valence-corrected chi connectivity index (χ0v) is 14.5. The number of hydrogen-bond acceptors (Lipinski definition) is 3. The Kier molecular flexibility index (Phi) is 3.85. The monoisotopic (exact) mass is 330 g/mol. The molecular formula is C18H26N4O2. The summed E-state index contributed by atoms with van der Waals surface area (Å²) in [7, 11) is 0. The molecule has 1 aromatic heterocycles. The average molecular weight is 330 g/mol. The number of carbonyl (C=O) groups is 2. The maximum atomic E-state index is 12.6. The van der Waals surface area contributed by atoms with Crippen molar-refractivity contribution in [2.24, 2.45) is 17.8 Å². The molecule has 6 nitrogen and oxygen atoms in total. The van der Waals surface area contributed by atoms with Gasteiger partial charge in [0.05, 0.1) is 18.2 Å². The third-order valence-electron chi connectivity index (χ3n) is 5.62. The van der Waals surface area contributed by atoms with Crippen molar-refractivity contribution in [3.8, 4) is 0 Å². The van der Waals surface area contributed by atoms with Gasteiger partial charge in [-0.3, -0.25) is 9.59 Å². The van der Waals surface area contributed by atoms with Crippen LogP contribution >= 0.6 is 0 Å². The minimum absolute atomic E-state index is 0.0117. The SMILES string of the molecule is C[C@@H]1C[C@H]1C(=O)N1CCn2cc(CC(=O)NCC3CC3)nc2[C@H]1C. The summed E-state index contributed by atoms with van der Waals surface area (Å²) in [5.74, 6) is 2.65. The van der Waals surface area contributed by atoms with E-state index in [1.165, 1.54) is 12.8 Å². The zero-order chi connectivity index (χ0) is 16.8. The lowest BCUT2D eigenvalue weighted by Gasteiger charge is -2.34. The van der Waals surface area contributed by atoms with Crippen LogP contribution in [0.2, 0.25) is 0 Å². The fourth-order valence-electron chi connectivity index (χ4n) is 3.62. The van der Waals surface area contributed by atoms with Gasteiger partial charge in [-0.1, -0.05) is 6.92 Å². The summed E-state index contributed by atoms with van der Waals surface area (Å²) in [5.41, 5.74) is 0.805. The van der Waals surface area contributed by atoms with Crippen molar-refractivity contribution in [2.75, 3.05) is 13.1 Å². The first kappa shape index (κ1) is 15.7. The molecule has 1 aromatic rings. The van der Waals surface area contributed by atoms with Crippen LogP contribution in [0.25, 0.3) is 0 Å². The molecular weight excluding hydrogens is 304 g/mol. The van der Waals surface area contributed by atoms with E-state index in [0.717, 1.165) is 37.6 Å². The molecule has 1 N–H and O–H groups in total. The Bertz CT molecular complexity index is 664. The van der Waals surface area contributed by atoms with E-state index < -0.39 is 0 Å². The van der Waals surface area contributed by atoms with E-state index in [-0.39, 0.29) is 23.8 Å². The van der Waals surface area contributed by atoms with Crippen molar-refractivity contribution in [1.82, 2.24) is 19.8 Å². The van der Waals surface area contributed by atoms with Crippen LogP contribution in [-0.2, 0) is 22.6 Å². The molecule has 0 saturated heterocycles. The highest BCUT2D eigenvalue weighted by Crippen LogP contribution is 2.41. The molecule has 130 valence electrons. The predicted octanol–water partition coefficient (Wildman–Crippen LogP) is 1.51. The lowest BCUT2D eigenvalue weighted by atomic mass is 10.1. The zero-order valence-electron chi connectivity index (χ0n) is 14.5. The summed E-state index contributed by atoms with van der Waals surface area (Å²) in [4.78, 5) is 31.2. The van der Waals surface area contributed by atoms with E-state index in [9.17, 15) is 9.59 Å². The number of amides is 2. The summed E-state index contributed by atoms with van der Waals surface area (Å²) < 4.78 is 2.11. The third-order valence-corrected chi connectivity index (χ3v) is 5.62. The lowest BCUT2D eigenvalue weighted by molar-refractivity contribution is -0.136. The number of imidazole rings is 1. The van der Waals surface area contributed by atoms with Gasteiger partial charge in [0.15, 0.2) is 0 Å². The minimum atomic E-state index is -0.0117. The van der Waals surface area contributed by atoms with Gasteiger partial charge < -0.3 is 14.8 Å². The Morgan fingerprint density at radius 3 is 2.71 bits per heavy atom. The Morgan fingerprint density at radius 1 is 1.29 bits per heavy atom. The highest BCUT2D eigenvalue weighted by molar-refractivity contribution is 5.82. The van der Waals surface area contributed by atoms with E-state index in [1.54, 1.807) is 0 Å². The first-order valence-electron chi connectivity index (χ1n) is 9.16. The smallest absolute Gasteiger partial charge is 0.226 e. The molecule has 2 heterocycles. The molecule has 0 spiro atoms. The van der Waals surface area contributed by atoms with Crippen molar-refractivity contribution in [3.63, 3.8) is 0 Å². The maximum absolute atomic E-state index is 12.6. The first-order valence-corrected chi connectivity index (χ1v) is 9.16. The standard InChI is InChI=1S/C18H26N4O2/c1-11-7-15(11)18(24)22-6-5-21-10-14(20-17(21)12(22)2)8-16(23)19-9-13-3-4-13/h10-13,15H,3-9H2,1-2H3,(H,19,23)/t11-,12-,15-/m1/s1. The molecule has 2 saturated carbocycles. The predicted molar refractivity (Wildman–Crippen MR) is 89.1 cm³/mol. The second kappa shape index (κ2) is 5.90. The summed E-state index contributed by atoms with van der Waals surface area (Å²) in [5, 5.41) is 2.99. The van der Waals surface area contributed by atoms with Gasteiger partial charge >= 0.3 is 0 Å². The van der Waals surface area contributed by atoms with E-state index in [2.05, 4.69) is 21.8 Å². The molecule has 6 heteroatoms. The Morgan fingerprint density at radius 2 is 2.04 bits per heavy atom. The van der Waals surface area contributed by atoms with Crippen LogP contribution in [-0.4, -0.2) is 39.4 Å². The van der Waals surface area contributed by atoms with Gasteiger partial charge in [-0.25, -0.2) is 4.98 Å². The van der Waals surface area contributed by atoms with Gasteiger partial charge in [0.2, 0.25) is 11.8 Å². The van der Waals surface area contributed by atoms with Crippen LogP contribution in [0.15, 0.2) is 6.20 Å². The number of rotatable bonds is 5. The van der Waals surface area contributed by atoms with Crippen molar-refractivity contribution < 1.29 is 9.59 Å². The van der Waals surface area contributed by atoms with Crippen LogP contribution in [0, 0.1) is 17.8 Å². The fourth-order valence-corrected chi connectivity index (χ4v) is 3.62. The number of aromatic nitrogens is 2. The summed E-state index contributed by atoms with van der Waals surface area (Å²) in [6.45, 7) is 6.48. The molecule has 0 bridgehead atoms. The molecule has 2 fully saturated rings. The van der Waals surface area contributed by atoms with E-state index in [1.807, 2.05) is 18.0 Å². The van der Waals surface area contributed by atoms with Gasteiger partial charge in [-0.05, 0) is 38.0 Å². The molecule has 4 rings (SSSR count). The van der Waals surface area contributed by atoms with Crippen LogP contribution < -0.4 is 5.32 Å². The van der Waals surface area contributed by atoms with Gasteiger partial charge in [0.25, 0.3) is 0 Å². The maximum Gasteiger partial charge on any atom is 0.226 e. The van der Waals surface area contributed by atoms with Crippen molar-refractivity contribution >= 4 is 11.8 Å². The van der Waals surface area contributed by atoms with E-state index in [0.29, 0.717) is 18.3 Å². The highest BCUT2D eigenvalue weighted by Gasteiger charge is 2.44. The number of nitrogens with zero attached hydrogens (tertiary/aromatic N) is 3. The summed E-state index contributed by atoms with van der Waals surface area (Å²) in [6, 6.07) is -0.0117. The Hall–Kier alpha value is -1.85. The van der Waals surface area contributed by atoms with Gasteiger partial charge in [0.1, 0.15) is 5.82 Å². The summed E-state index contributed by atoms with van der Waals surface area (Å²) >= 11 is 0. The van der Waals surface area contributed by atoms with Crippen LogP contribution in [0.4, 0.5) is 0 Å². The first-order chi connectivity index (χ1) is 11.5. The van der Waals surface area contributed by atoms with E-state index in [4.69, 9.17) is 0 Å². The Balaban J connectivity index is 1.40. The van der Waals surface area contributed by atoms with Crippen LogP contribution in [0.5, 0.6) is 0 Å². The summed E-state index contributed by atoms with van der Waals surface area (Å²) in [6.07, 6.45) is 5.79. The molecule has 24 heavy (non-hydrogen) atoms. The highest BCUT2D eigenvalue weighted by atomic mass is 16.2. The normalized spacial score (nSPS) is 28.4. The molecule has 0 unspecified atom stereocenters. The fraction of sp³-hybridized carbons (Fsp3) is 0.722. The Labute approximate surface area is 142 Å². The van der Waals surface area contributed by atoms with Crippen molar-refractivity contribution in [1.29, 1.82) is 0 Å². The van der Waals surface area contributed by atoms with E-state index >= 15 is 0 Å². The minimum Gasteiger partial charge on any atom is -0.355 e. The van der Waals surface area contributed by atoms with Gasteiger partial charge in [-0.2, -0.15) is 0 Å². The lowest BCUT2D eigenvalue weighted by Crippen LogP contribution is -2.42. The number of fused-ring (bicyclic) bond motifs is 1. The van der Waals surface area contributed by atoms with Gasteiger partial charge in [-0.15, -0.1) is 0 Å². The average Bonchev–Trinajstić information content (AvgIpc) is 3.45. The van der Waals surface area contributed by atoms with Gasteiger partial charge in [0, 0.05) is 31.7 Å². The molecule has 3 atom stereocenters. The van der Waals surface area contributed by atoms with Crippen molar-refractivity contribution in [3.05, 3.63) is 17.7 Å². The number of carbonyl (C=O) groups excluding carboxylic acids is 2. The molecule has 2 amide bonds. The molecule has 0 aromatic carbocycles. The molecule has 1 aliphatic heterocycles. The topological polar surface area (TPSA) is 67.2 Å². The van der Waals surface area contributed by atoms with Crippen LogP contribution in [0.1, 0.15) is 50.7 Å². The second-order valence-corrected chi connectivity index (χ2v) is 7.74. The number of nitrogens with one attached hydrogen (secondary N) is 1. The number of hydrogen-bond donors (Lipinski definition) is 1. The van der Waals surface area contributed by atoms with Crippen molar-refractivity contribution in [2.45, 2.75) is 52.1 Å². The molecule has 2 aliphatic carbocycles. The third kappa shape index (κ3) is 3.06. The largest absolute Gasteiger partial charge is 0.355 e. The second-order valence-electron chi connectivity index (χ2n) is 7.74. The quantitative estimate of drug-likeness (QED) is 0.890. The molecule has 0 radical (unpaired) electrons.